The average molecular weight is 573 g/mol. The van der Waals surface area contributed by atoms with Gasteiger partial charge in [0.15, 0.2) is 0 Å². The van der Waals surface area contributed by atoms with Gasteiger partial charge in [-0.15, -0.1) is 0 Å². The van der Waals surface area contributed by atoms with Crippen LogP contribution in [0.2, 0.25) is 0 Å². The molecule has 0 N–H and O–H groups in total. The van der Waals surface area contributed by atoms with E-state index < -0.39 is 0 Å². The Hall–Kier alpha value is -4.56. The minimum atomic E-state index is 1.04. The molecule has 0 radical (unpaired) electrons. The number of anilines is 3. The second-order valence-corrected chi connectivity index (χ2v) is 12.4. The molecule has 0 heterocycles. The van der Waals surface area contributed by atoms with Gasteiger partial charge in [-0.3, -0.25) is 0 Å². The van der Waals surface area contributed by atoms with Crippen LogP contribution in [0.5, 0.6) is 0 Å². The Morgan fingerprint density at radius 2 is 1.18 bits per heavy atom. The van der Waals surface area contributed by atoms with Crippen LogP contribution in [0, 0.1) is 0 Å². The maximum Gasteiger partial charge on any atom is 0.0543 e. The van der Waals surface area contributed by atoms with E-state index in [0.717, 1.165) is 51.4 Å². The zero-order valence-electron chi connectivity index (χ0n) is 25.5. The second kappa shape index (κ2) is 11.8. The quantitative estimate of drug-likeness (QED) is 0.212. The molecule has 0 fully saturated rings. The molecular formula is C42H40N2. The van der Waals surface area contributed by atoms with E-state index in [-0.39, 0.29) is 0 Å². The van der Waals surface area contributed by atoms with Crippen LogP contribution in [0.3, 0.4) is 0 Å². The van der Waals surface area contributed by atoms with Gasteiger partial charge >= 0.3 is 0 Å². The van der Waals surface area contributed by atoms with Crippen molar-refractivity contribution in [1.82, 2.24) is 0 Å². The molecule has 4 aliphatic carbocycles. The smallest absolute Gasteiger partial charge is 0.0543 e. The number of benzene rings is 4. The number of fused-ring (bicyclic) bond motifs is 5. The van der Waals surface area contributed by atoms with Gasteiger partial charge in [0.1, 0.15) is 0 Å². The SMILES string of the molecule is C1=CC(N(C2=CCCCC2)c2cc3c4c(c(N(C5=CCCC=C5)c5ccccc5)cc3c3ccccc23)CCC=C4)=CCC1. The maximum absolute atomic E-state index is 2.59. The van der Waals surface area contributed by atoms with Crippen LogP contribution in [0.25, 0.3) is 27.6 Å². The Morgan fingerprint density at radius 3 is 1.91 bits per heavy atom. The third-order valence-electron chi connectivity index (χ3n) is 9.63. The lowest BCUT2D eigenvalue weighted by Gasteiger charge is -2.34. The van der Waals surface area contributed by atoms with Crippen LogP contribution < -0.4 is 9.80 Å². The van der Waals surface area contributed by atoms with Crippen molar-refractivity contribution in [2.75, 3.05) is 9.80 Å². The molecule has 4 aromatic carbocycles. The normalized spacial score (nSPS) is 17.7. The summed E-state index contributed by atoms with van der Waals surface area (Å²) in [4.78, 5) is 5.10. The zero-order valence-corrected chi connectivity index (χ0v) is 25.5. The Labute approximate surface area is 261 Å². The first-order valence-corrected chi connectivity index (χ1v) is 16.6. The van der Waals surface area contributed by atoms with E-state index in [1.54, 1.807) is 0 Å². The lowest BCUT2D eigenvalue weighted by Crippen LogP contribution is -2.23. The average Bonchev–Trinajstić information content (AvgIpc) is 3.11. The summed E-state index contributed by atoms with van der Waals surface area (Å²) < 4.78 is 0. The standard InChI is InChI=1S/C42H40N2/c1-5-17-31(18-6-1)43(32-19-7-2-8-20-32)41-29-39-36-26-14-16-28-38(36)42(30-40(39)35-25-13-15-27-37(35)41)44(33-21-9-3-10-22-33)34-23-11-4-12-24-34/h1,5-7,9,13-14,16-23,25-26,28-30H,2-4,8,10-12,15,24,27H2. The third-order valence-corrected chi connectivity index (χ3v) is 9.63. The molecule has 0 saturated heterocycles. The fraction of sp³-hybridized carbons (Fsp3) is 0.238. The van der Waals surface area contributed by atoms with Gasteiger partial charge in [-0.25, -0.2) is 0 Å². The van der Waals surface area contributed by atoms with Gasteiger partial charge in [0.05, 0.1) is 11.4 Å². The predicted octanol–water partition coefficient (Wildman–Crippen LogP) is 11.8. The summed E-state index contributed by atoms with van der Waals surface area (Å²) in [5, 5.41) is 5.33. The van der Waals surface area contributed by atoms with Gasteiger partial charge in [-0.1, -0.05) is 85.0 Å². The molecule has 0 amide bonds. The molecular weight excluding hydrogens is 532 g/mol. The van der Waals surface area contributed by atoms with E-state index in [1.165, 1.54) is 79.7 Å². The first kappa shape index (κ1) is 27.0. The van der Waals surface area contributed by atoms with E-state index in [1.807, 2.05) is 0 Å². The highest BCUT2D eigenvalue weighted by Crippen LogP contribution is 2.46. The van der Waals surface area contributed by atoms with E-state index in [9.17, 15) is 0 Å². The van der Waals surface area contributed by atoms with Gasteiger partial charge < -0.3 is 9.80 Å². The van der Waals surface area contributed by atoms with E-state index in [4.69, 9.17) is 0 Å². The van der Waals surface area contributed by atoms with Crippen LogP contribution in [0.15, 0.2) is 132 Å². The monoisotopic (exact) mass is 572 g/mol. The van der Waals surface area contributed by atoms with Crippen molar-refractivity contribution in [3.63, 3.8) is 0 Å². The molecule has 0 aliphatic heterocycles. The Bertz CT molecular complexity index is 1910. The molecule has 0 aromatic heterocycles. The molecule has 8 rings (SSSR count). The highest BCUT2D eigenvalue weighted by Gasteiger charge is 2.26. The third kappa shape index (κ3) is 4.83. The highest BCUT2D eigenvalue weighted by molar-refractivity contribution is 6.17. The van der Waals surface area contributed by atoms with Crippen LogP contribution >= 0.6 is 0 Å². The topological polar surface area (TPSA) is 6.48 Å². The van der Waals surface area contributed by atoms with Gasteiger partial charge in [0.25, 0.3) is 0 Å². The summed E-state index contributed by atoms with van der Waals surface area (Å²) in [6.45, 7) is 0. The summed E-state index contributed by atoms with van der Waals surface area (Å²) in [5.74, 6) is 0. The van der Waals surface area contributed by atoms with Gasteiger partial charge in [-0.05, 0) is 128 Å². The first-order valence-electron chi connectivity index (χ1n) is 16.6. The van der Waals surface area contributed by atoms with Gasteiger partial charge in [-0.2, -0.15) is 0 Å². The van der Waals surface area contributed by atoms with Crippen molar-refractivity contribution >= 4 is 44.7 Å². The minimum absolute atomic E-state index is 1.04. The molecule has 44 heavy (non-hydrogen) atoms. The lowest BCUT2D eigenvalue weighted by molar-refractivity contribution is 0.687. The van der Waals surface area contributed by atoms with E-state index in [0.29, 0.717) is 0 Å². The molecule has 0 unspecified atom stereocenters. The maximum atomic E-state index is 2.59. The van der Waals surface area contributed by atoms with Crippen molar-refractivity contribution in [2.45, 2.75) is 64.2 Å². The Balaban J connectivity index is 1.42. The zero-order chi connectivity index (χ0) is 29.3. The van der Waals surface area contributed by atoms with Crippen molar-refractivity contribution in [1.29, 1.82) is 0 Å². The highest BCUT2D eigenvalue weighted by atomic mass is 15.2. The van der Waals surface area contributed by atoms with Gasteiger partial charge in [0.2, 0.25) is 0 Å². The summed E-state index contributed by atoms with van der Waals surface area (Å²) in [7, 11) is 0. The number of rotatable bonds is 6. The molecule has 2 nitrogen and oxygen atoms in total. The fourth-order valence-corrected chi connectivity index (χ4v) is 7.57. The van der Waals surface area contributed by atoms with Crippen molar-refractivity contribution in [3.05, 3.63) is 144 Å². The number of allylic oxidation sites excluding steroid dienone is 9. The largest absolute Gasteiger partial charge is 0.314 e. The van der Waals surface area contributed by atoms with Crippen molar-refractivity contribution < 1.29 is 0 Å². The summed E-state index contributed by atoms with van der Waals surface area (Å²) in [5.41, 5.74) is 10.7. The Morgan fingerprint density at radius 1 is 0.477 bits per heavy atom. The van der Waals surface area contributed by atoms with Crippen LogP contribution in [0.4, 0.5) is 17.1 Å². The van der Waals surface area contributed by atoms with Crippen molar-refractivity contribution in [3.8, 4) is 0 Å². The fourth-order valence-electron chi connectivity index (χ4n) is 7.57. The second-order valence-electron chi connectivity index (χ2n) is 12.4. The number of hydrogen-bond donors (Lipinski definition) is 0. The molecule has 218 valence electrons. The van der Waals surface area contributed by atoms with Crippen LogP contribution in [-0.4, -0.2) is 0 Å². The number of hydrogen-bond acceptors (Lipinski definition) is 2. The van der Waals surface area contributed by atoms with E-state index in [2.05, 4.69) is 131 Å². The predicted molar refractivity (Wildman–Crippen MR) is 189 cm³/mol. The van der Waals surface area contributed by atoms with Crippen LogP contribution in [-0.2, 0) is 6.42 Å². The van der Waals surface area contributed by atoms with Crippen LogP contribution in [0.1, 0.15) is 68.9 Å². The molecule has 0 saturated carbocycles. The van der Waals surface area contributed by atoms with E-state index >= 15 is 0 Å². The first-order chi connectivity index (χ1) is 21.9. The summed E-state index contributed by atoms with van der Waals surface area (Å²) >= 11 is 0. The molecule has 4 aromatic rings. The molecule has 0 atom stereocenters. The number of nitrogens with zero attached hydrogens (tertiary/aromatic N) is 2. The molecule has 0 bridgehead atoms. The molecule has 0 spiro atoms. The Kier molecular flexibility index (Phi) is 7.28. The lowest BCUT2D eigenvalue weighted by atomic mass is 9.87. The summed E-state index contributed by atoms with van der Waals surface area (Å²) in [6.07, 6.45) is 32.8. The number of para-hydroxylation sites is 1. The minimum Gasteiger partial charge on any atom is -0.314 e. The van der Waals surface area contributed by atoms with Gasteiger partial charge in [0, 0.05) is 28.2 Å². The summed E-state index contributed by atoms with van der Waals surface area (Å²) in [6, 6.07) is 25.1. The molecule has 4 aliphatic rings. The van der Waals surface area contributed by atoms with Crippen molar-refractivity contribution in [2.24, 2.45) is 0 Å². The molecule has 2 heteroatoms.